The minimum Gasteiger partial charge on any atom is -0.474 e. The molecule has 1 aliphatic heterocycles. The quantitative estimate of drug-likeness (QED) is 0.661. The summed E-state index contributed by atoms with van der Waals surface area (Å²) in [5.74, 6) is 0.694. The molecule has 0 N–H and O–H groups in total. The van der Waals surface area contributed by atoms with E-state index in [-0.39, 0.29) is 6.61 Å². The van der Waals surface area contributed by atoms with Gasteiger partial charge in [-0.15, -0.1) is 0 Å². The first kappa shape index (κ1) is 7.33. The molecule has 0 spiro atoms. The van der Waals surface area contributed by atoms with Crippen LogP contribution >= 0.6 is 22.6 Å². The average Bonchev–Trinajstić information content (AvgIpc) is 2.32. The number of hydrogen-bond donors (Lipinski definition) is 0. The van der Waals surface area contributed by atoms with Gasteiger partial charge in [0.2, 0.25) is 5.88 Å². The summed E-state index contributed by atoms with van der Waals surface area (Å²) in [7, 11) is 0. The number of aromatic nitrogens is 2. The summed E-state index contributed by atoms with van der Waals surface area (Å²) < 4.78 is 20.3. The van der Waals surface area contributed by atoms with E-state index in [2.05, 4.69) is 27.7 Å². The van der Waals surface area contributed by atoms with E-state index in [1.807, 2.05) is 0 Å². The van der Waals surface area contributed by atoms with E-state index in [0.717, 1.165) is 3.57 Å². The van der Waals surface area contributed by atoms with Crippen molar-refractivity contribution in [3.8, 4) is 5.88 Å². The molecule has 60 valence electrons. The molecule has 1 aromatic heterocycles. The van der Waals surface area contributed by atoms with Gasteiger partial charge in [0.05, 0.1) is 16.3 Å². The van der Waals surface area contributed by atoms with E-state index >= 15 is 0 Å². The number of fused-ring (bicyclic) bond motifs is 1. The molecule has 0 amide bonds. The Kier molecular flexibility index (Phi) is 1.74. The second-order valence-electron chi connectivity index (χ2n) is 2.39. The first-order chi connectivity index (χ1) is 5.27. The van der Waals surface area contributed by atoms with E-state index < -0.39 is 6.17 Å². The van der Waals surface area contributed by atoms with Crippen molar-refractivity contribution < 1.29 is 9.13 Å². The Bertz CT molecular complexity index is 276. The van der Waals surface area contributed by atoms with E-state index in [9.17, 15) is 4.39 Å². The van der Waals surface area contributed by atoms with Crippen molar-refractivity contribution in [1.82, 2.24) is 9.78 Å². The molecule has 2 heterocycles. The summed E-state index contributed by atoms with van der Waals surface area (Å²) in [5.41, 5.74) is 0. The maximum Gasteiger partial charge on any atom is 0.225 e. The highest BCUT2D eigenvalue weighted by molar-refractivity contribution is 14.1. The lowest BCUT2D eigenvalue weighted by atomic mass is 10.4. The van der Waals surface area contributed by atoms with Crippen LogP contribution in [0.1, 0.15) is 0 Å². The van der Waals surface area contributed by atoms with Crippen molar-refractivity contribution in [2.75, 3.05) is 6.61 Å². The lowest BCUT2D eigenvalue weighted by molar-refractivity contribution is 0.124. The maximum atomic E-state index is 12.7. The fraction of sp³-hybridized carbons (Fsp3) is 0.500. The molecule has 0 fully saturated rings. The van der Waals surface area contributed by atoms with E-state index in [1.54, 1.807) is 10.9 Å². The second-order valence-corrected chi connectivity index (χ2v) is 3.55. The first-order valence-electron chi connectivity index (χ1n) is 3.25. The topological polar surface area (TPSA) is 27.1 Å². The zero-order valence-corrected chi connectivity index (χ0v) is 7.79. The predicted octanol–water partition coefficient (Wildman–Crippen LogP) is 1.22. The lowest BCUT2D eigenvalue weighted by Crippen LogP contribution is -2.26. The van der Waals surface area contributed by atoms with Crippen molar-refractivity contribution in [1.29, 1.82) is 0 Å². The average molecular weight is 268 g/mol. The molecule has 0 aliphatic carbocycles. The highest BCUT2D eigenvalue weighted by atomic mass is 127. The summed E-state index contributed by atoms with van der Waals surface area (Å²) in [5, 5.41) is 3.95. The highest BCUT2D eigenvalue weighted by Crippen LogP contribution is 2.24. The summed E-state index contributed by atoms with van der Waals surface area (Å²) in [6.45, 7) is 0.472. The highest BCUT2D eigenvalue weighted by Gasteiger charge is 2.21. The smallest absolute Gasteiger partial charge is 0.225 e. The van der Waals surface area contributed by atoms with Gasteiger partial charge in [0, 0.05) is 0 Å². The summed E-state index contributed by atoms with van der Waals surface area (Å²) in [6, 6.07) is 0. The second kappa shape index (κ2) is 2.62. The van der Waals surface area contributed by atoms with Crippen molar-refractivity contribution in [2.45, 2.75) is 12.7 Å². The summed E-state index contributed by atoms with van der Waals surface area (Å²) >= 11 is 2.11. The molecule has 3 nitrogen and oxygen atoms in total. The molecule has 0 saturated heterocycles. The fourth-order valence-electron chi connectivity index (χ4n) is 1.03. The van der Waals surface area contributed by atoms with Gasteiger partial charge in [0.15, 0.2) is 6.17 Å². The molecule has 1 aromatic rings. The monoisotopic (exact) mass is 268 g/mol. The van der Waals surface area contributed by atoms with Gasteiger partial charge in [-0.05, 0) is 22.6 Å². The van der Waals surface area contributed by atoms with E-state index in [1.165, 1.54) is 0 Å². The van der Waals surface area contributed by atoms with Crippen molar-refractivity contribution in [2.24, 2.45) is 0 Å². The normalized spacial score (nSPS) is 22.5. The number of nitrogens with zero attached hydrogens (tertiary/aromatic N) is 2. The Hall–Kier alpha value is -0.330. The van der Waals surface area contributed by atoms with E-state index in [4.69, 9.17) is 4.74 Å². The van der Waals surface area contributed by atoms with Crippen molar-refractivity contribution in [3.63, 3.8) is 0 Å². The van der Waals surface area contributed by atoms with Crippen LogP contribution in [0.2, 0.25) is 0 Å². The van der Waals surface area contributed by atoms with Crippen molar-refractivity contribution >= 4 is 22.6 Å². The molecule has 1 aliphatic rings. The van der Waals surface area contributed by atoms with Gasteiger partial charge in [-0.3, -0.25) is 0 Å². The van der Waals surface area contributed by atoms with Gasteiger partial charge in [-0.1, -0.05) is 0 Å². The third-order valence-corrected chi connectivity index (χ3v) is 2.26. The Morgan fingerprint density at radius 2 is 2.64 bits per heavy atom. The van der Waals surface area contributed by atoms with Crippen LogP contribution in [0.5, 0.6) is 5.88 Å². The number of halogens is 2. The third-order valence-electron chi connectivity index (χ3n) is 1.52. The van der Waals surface area contributed by atoms with Crippen LogP contribution < -0.4 is 4.74 Å². The number of hydrogen-bond acceptors (Lipinski definition) is 2. The largest absolute Gasteiger partial charge is 0.474 e. The first-order valence-corrected chi connectivity index (χ1v) is 4.33. The zero-order valence-electron chi connectivity index (χ0n) is 5.63. The van der Waals surface area contributed by atoms with Gasteiger partial charge in [-0.2, -0.15) is 5.10 Å². The van der Waals surface area contributed by atoms with Crippen LogP contribution in [0.4, 0.5) is 4.39 Å². The van der Waals surface area contributed by atoms with Crippen LogP contribution in [-0.2, 0) is 6.54 Å². The molecule has 0 radical (unpaired) electrons. The summed E-state index contributed by atoms with van der Waals surface area (Å²) in [4.78, 5) is 0. The number of alkyl halides is 1. The van der Waals surface area contributed by atoms with E-state index in [0.29, 0.717) is 12.4 Å². The Morgan fingerprint density at radius 1 is 1.82 bits per heavy atom. The fourth-order valence-corrected chi connectivity index (χ4v) is 1.59. The minimum absolute atomic E-state index is 0.154. The standard InChI is InChI=1S/C6H6FIN2O/c7-4-2-10-6(11-3-4)5(8)1-9-10/h1,4H,2-3H2. The molecule has 2 rings (SSSR count). The molecule has 1 atom stereocenters. The van der Waals surface area contributed by atoms with Crippen molar-refractivity contribution in [3.05, 3.63) is 9.77 Å². The van der Waals surface area contributed by atoms with Gasteiger partial charge < -0.3 is 4.74 Å². The Balaban J connectivity index is 2.36. The van der Waals surface area contributed by atoms with Crippen LogP contribution in [-0.4, -0.2) is 22.6 Å². The lowest BCUT2D eigenvalue weighted by Gasteiger charge is -2.18. The predicted molar refractivity (Wildman–Crippen MR) is 45.3 cm³/mol. The maximum absolute atomic E-state index is 12.7. The van der Waals surface area contributed by atoms with Crippen LogP contribution in [0, 0.1) is 3.57 Å². The molecule has 0 aromatic carbocycles. The minimum atomic E-state index is -0.918. The van der Waals surface area contributed by atoms with Gasteiger partial charge in [0.25, 0.3) is 0 Å². The Labute approximate surface area is 76.7 Å². The number of rotatable bonds is 0. The van der Waals surface area contributed by atoms with Gasteiger partial charge in [0.1, 0.15) is 6.61 Å². The number of ether oxygens (including phenoxy) is 1. The molecular formula is C6H6FIN2O. The molecular weight excluding hydrogens is 262 g/mol. The molecule has 5 heteroatoms. The molecule has 0 saturated carbocycles. The van der Waals surface area contributed by atoms with Crippen LogP contribution in [0.25, 0.3) is 0 Å². The SMILES string of the molecule is FC1COc2c(I)cnn2C1. The summed E-state index contributed by atoms with van der Waals surface area (Å²) in [6.07, 6.45) is 0.756. The molecule has 0 bridgehead atoms. The molecule has 1 unspecified atom stereocenters. The van der Waals surface area contributed by atoms with Crippen LogP contribution in [0.15, 0.2) is 6.20 Å². The van der Waals surface area contributed by atoms with Crippen LogP contribution in [0.3, 0.4) is 0 Å². The van der Waals surface area contributed by atoms with Gasteiger partial charge in [-0.25, -0.2) is 9.07 Å². The van der Waals surface area contributed by atoms with Gasteiger partial charge >= 0.3 is 0 Å². The Morgan fingerprint density at radius 3 is 3.45 bits per heavy atom. The third kappa shape index (κ3) is 1.21. The zero-order chi connectivity index (χ0) is 7.84. The molecule has 11 heavy (non-hydrogen) atoms.